The highest BCUT2D eigenvalue weighted by atomic mass is 16.7. The summed E-state index contributed by atoms with van der Waals surface area (Å²) in [6, 6.07) is 23.8. The van der Waals surface area contributed by atoms with Crippen LogP contribution in [0, 0.1) is 5.41 Å². The molecule has 11 nitrogen and oxygen atoms in total. The molecule has 3 atom stereocenters. The predicted octanol–water partition coefficient (Wildman–Crippen LogP) is 3.75. The number of esters is 3. The number of β-lactam (4-membered cyclic amide) rings is 1. The predicted molar refractivity (Wildman–Crippen MR) is 167 cm³/mol. The molecule has 5 rings (SSSR count). The third-order valence-electron chi connectivity index (χ3n) is 7.88. The topological polar surface area (TPSA) is 145 Å². The van der Waals surface area contributed by atoms with Gasteiger partial charge in [-0.3, -0.25) is 28.9 Å². The first-order chi connectivity index (χ1) is 22.4. The number of fused-ring (bicyclic) bond motifs is 1. The van der Waals surface area contributed by atoms with Gasteiger partial charge >= 0.3 is 17.9 Å². The van der Waals surface area contributed by atoms with Crippen LogP contribution in [-0.4, -0.2) is 59.3 Å². The molecule has 242 valence electrons. The van der Waals surface area contributed by atoms with E-state index in [0.717, 1.165) is 4.90 Å². The lowest BCUT2D eigenvalue weighted by Crippen LogP contribution is -2.71. The highest BCUT2D eigenvalue weighted by Crippen LogP contribution is 2.37. The molecule has 2 unspecified atom stereocenters. The number of hydrogen-bond donors (Lipinski definition) is 1. The molecule has 2 aliphatic heterocycles. The number of carbonyl (C=O) groups excluding carboxylic acids is 6. The minimum Gasteiger partial charge on any atom is -0.452 e. The Kier molecular flexibility index (Phi) is 9.36. The lowest BCUT2D eigenvalue weighted by molar-refractivity contribution is -0.173. The molecule has 3 aromatic rings. The maximum atomic E-state index is 13.9. The molecule has 0 saturated carbocycles. The zero-order valence-corrected chi connectivity index (χ0v) is 26.3. The Labute approximate surface area is 271 Å². The van der Waals surface area contributed by atoms with E-state index in [9.17, 15) is 28.8 Å². The number of nitrogens with one attached hydrogen (secondary N) is 1. The summed E-state index contributed by atoms with van der Waals surface area (Å²) in [6.07, 6.45) is -0.829. The van der Waals surface area contributed by atoms with Gasteiger partial charge < -0.3 is 19.5 Å². The number of amides is 2. The van der Waals surface area contributed by atoms with Gasteiger partial charge in [0.25, 0.3) is 5.91 Å². The molecule has 2 aliphatic rings. The summed E-state index contributed by atoms with van der Waals surface area (Å²) in [5.74, 6) is -6.15. The van der Waals surface area contributed by atoms with Gasteiger partial charge in [0.1, 0.15) is 17.8 Å². The van der Waals surface area contributed by atoms with E-state index in [1.165, 1.54) is 6.92 Å². The number of nitrogens with zero attached hydrogens (tertiary/aromatic N) is 1. The molecule has 0 bridgehead atoms. The van der Waals surface area contributed by atoms with Gasteiger partial charge in [0.2, 0.25) is 12.7 Å². The average Bonchev–Trinajstić information content (AvgIpc) is 3.30. The van der Waals surface area contributed by atoms with Crippen LogP contribution in [0.1, 0.15) is 56.4 Å². The Bertz CT molecular complexity index is 1690. The summed E-state index contributed by atoms with van der Waals surface area (Å²) < 4.78 is 16.0. The smallest absolute Gasteiger partial charge is 0.358 e. The third kappa shape index (κ3) is 6.69. The molecule has 1 N–H and O–H groups in total. The van der Waals surface area contributed by atoms with E-state index in [2.05, 4.69) is 5.32 Å². The second-order valence-electron chi connectivity index (χ2n) is 12.2. The summed E-state index contributed by atoms with van der Waals surface area (Å²) >= 11 is 0. The number of carbonyl (C=O) groups is 6. The summed E-state index contributed by atoms with van der Waals surface area (Å²) in [5, 5.41) is 2.56. The fraction of sp³-hybridized carbons (Fsp3) is 0.278. The van der Waals surface area contributed by atoms with Crippen molar-refractivity contribution in [1.29, 1.82) is 0 Å². The van der Waals surface area contributed by atoms with Crippen LogP contribution in [-0.2, 0) is 43.0 Å². The Morgan fingerprint density at radius 1 is 0.787 bits per heavy atom. The highest BCUT2D eigenvalue weighted by Gasteiger charge is 2.60. The molecule has 0 aromatic heterocycles. The Hall–Kier alpha value is -5.58. The van der Waals surface area contributed by atoms with E-state index in [1.807, 2.05) is 60.7 Å². The maximum absolute atomic E-state index is 13.9. The van der Waals surface area contributed by atoms with Crippen molar-refractivity contribution < 1.29 is 43.0 Å². The lowest BCUT2D eigenvalue weighted by Gasteiger charge is -2.42. The molecule has 1 fully saturated rings. The minimum absolute atomic E-state index is 0.0418. The highest BCUT2D eigenvalue weighted by molar-refractivity contribution is 6.20. The van der Waals surface area contributed by atoms with Crippen LogP contribution in [0.4, 0.5) is 0 Å². The molecular formula is C36H34N2O9. The number of benzene rings is 3. The molecule has 47 heavy (non-hydrogen) atoms. The largest absolute Gasteiger partial charge is 0.452 e. The number of Topliss-reactive ketones (excluding diaryl/α,β-unsaturated/α-hetero) is 1. The fourth-order valence-corrected chi connectivity index (χ4v) is 5.38. The summed E-state index contributed by atoms with van der Waals surface area (Å²) in [7, 11) is 0. The second-order valence-corrected chi connectivity index (χ2v) is 12.2. The molecule has 2 heterocycles. The van der Waals surface area contributed by atoms with Crippen molar-refractivity contribution in [3.05, 3.63) is 119 Å². The van der Waals surface area contributed by atoms with Gasteiger partial charge in [-0.1, -0.05) is 91.0 Å². The SMILES string of the molecule is CC1=C(C(=O)OCOC(=O)C(C)(C)C)N2C(=O)C(NC(=O)C(C(=O)OC(c3ccccc3)c3ccccc3)c3ccccc3)[C@H]2C1=O. The number of ether oxygens (including phenoxy) is 3. The van der Waals surface area contributed by atoms with Crippen molar-refractivity contribution in [3.63, 3.8) is 0 Å². The first-order valence-electron chi connectivity index (χ1n) is 15.0. The van der Waals surface area contributed by atoms with Gasteiger partial charge in [0.15, 0.2) is 17.8 Å². The van der Waals surface area contributed by atoms with E-state index in [1.54, 1.807) is 51.1 Å². The van der Waals surface area contributed by atoms with Crippen LogP contribution in [0.25, 0.3) is 0 Å². The van der Waals surface area contributed by atoms with Gasteiger partial charge in [-0.05, 0) is 44.4 Å². The van der Waals surface area contributed by atoms with Gasteiger partial charge in [-0.15, -0.1) is 0 Å². The average molecular weight is 639 g/mol. The molecule has 1 saturated heterocycles. The Morgan fingerprint density at radius 3 is 1.81 bits per heavy atom. The van der Waals surface area contributed by atoms with E-state index < -0.39 is 71.8 Å². The molecular weight excluding hydrogens is 604 g/mol. The normalized spacial score (nSPS) is 17.9. The van der Waals surface area contributed by atoms with E-state index in [-0.39, 0.29) is 11.3 Å². The maximum Gasteiger partial charge on any atom is 0.358 e. The number of ketones is 1. The molecule has 2 amide bonds. The lowest BCUT2D eigenvalue weighted by atomic mass is 9.91. The molecule has 0 spiro atoms. The van der Waals surface area contributed by atoms with Crippen LogP contribution in [0.3, 0.4) is 0 Å². The van der Waals surface area contributed by atoms with Crippen LogP contribution < -0.4 is 5.32 Å². The second kappa shape index (κ2) is 13.4. The van der Waals surface area contributed by atoms with Crippen molar-refractivity contribution in [3.8, 4) is 0 Å². The van der Waals surface area contributed by atoms with Gasteiger partial charge in [0, 0.05) is 5.57 Å². The Morgan fingerprint density at radius 2 is 1.30 bits per heavy atom. The van der Waals surface area contributed by atoms with Crippen molar-refractivity contribution in [2.75, 3.05) is 6.79 Å². The summed E-state index contributed by atoms with van der Waals surface area (Å²) in [4.78, 5) is 79.9. The zero-order valence-electron chi connectivity index (χ0n) is 26.3. The van der Waals surface area contributed by atoms with Gasteiger partial charge in [0.05, 0.1) is 5.41 Å². The van der Waals surface area contributed by atoms with E-state index in [4.69, 9.17) is 14.2 Å². The van der Waals surface area contributed by atoms with Gasteiger partial charge in [-0.25, -0.2) is 4.79 Å². The van der Waals surface area contributed by atoms with Crippen molar-refractivity contribution in [1.82, 2.24) is 10.2 Å². The van der Waals surface area contributed by atoms with E-state index >= 15 is 0 Å². The van der Waals surface area contributed by atoms with Crippen LogP contribution in [0.15, 0.2) is 102 Å². The minimum atomic E-state index is -1.49. The van der Waals surface area contributed by atoms with Crippen LogP contribution in [0.5, 0.6) is 0 Å². The monoisotopic (exact) mass is 638 g/mol. The molecule has 0 radical (unpaired) electrons. The summed E-state index contributed by atoms with van der Waals surface area (Å²) in [5.41, 5.74) is 0.530. The first kappa shape index (κ1) is 32.8. The van der Waals surface area contributed by atoms with Crippen LogP contribution in [0.2, 0.25) is 0 Å². The fourth-order valence-electron chi connectivity index (χ4n) is 5.38. The van der Waals surface area contributed by atoms with Crippen molar-refractivity contribution in [2.24, 2.45) is 5.41 Å². The van der Waals surface area contributed by atoms with Crippen molar-refractivity contribution >= 4 is 35.5 Å². The Balaban J connectivity index is 1.33. The first-order valence-corrected chi connectivity index (χ1v) is 15.0. The van der Waals surface area contributed by atoms with Crippen LogP contribution >= 0.6 is 0 Å². The van der Waals surface area contributed by atoms with E-state index in [0.29, 0.717) is 16.7 Å². The number of hydrogen-bond acceptors (Lipinski definition) is 9. The number of rotatable bonds is 10. The summed E-state index contributed by atoms with van der Waals surface area (Å²) in [6.45, 7) is 5.54. The third-order valence-corrected chi connectivity index (χ3v) is 7.88. The quantitative estimate of drug-likeness (QED) is 0.152. The standard InChI is InChI=1S/C36H34N2O9/c1-21-27(34(43)45-20-46-35(44)36(2,3)4)38-28(29(21)39)26(32(38)41)37-31(40)25(22-14-8-5-9-15-22)33(42)47-30(23-16-10-6-11-17-23)24-18-12-7-13-19-24/h5-19,25-26,28,30H,20H2,1-4H3,(H,37,40)/t25?,26?,28-/m0/s1. The molecule has 11 heteroatoms. The molecule has 0 aliphatic carbocycles. The zero-order chi connectivity index (χ0) is 33.9. The van der Waals surface area contributed by atoms with Crippen molar-refractivity contribution in [2.45, 2.75) is 51.8 Å². The van der Waals surface area contributed by atoms with Gasteiger partial charge in [-0.2, -0.15) is 0 Å². The molecule has 3 aromatic carbocycles.